The topological polar surface area (TPSA) is 109 Å². The Hall–Kier alpha value is -3.88. The lowest BCUT2D eigenvalue weighted by molar-refractivity contribution is -0.129. The van der Waals surface area contributed by atoms with E-state index in [2.05, 4.69) is 15.7 Å². The molecule has 1 aromatic carbocycles. The van der Waals surface area contributed by atoms with Gasteiger partial charge in [0, 0.05) is 37.6 Å². The summed E-state index contributed by atoms with van der Waals surface area (Å²) in [6.07, 6.45) is 5.09. The van der Waals surface area contributed by atoms with Gasteiger partial charge in [0.1, 0.15) is 12.3 Å². The first-order chi connectivity index (χ1) is 15.1. The number of amides is 3. The van der Waals surface area contributed by atoms with E-state index in [0.717, 1.165) is 5.56 Å². The third-order valence-electron chi connectivity index (χ3n) is 5.05. The molecule has 0 spiro atoms. The fraction of sp³-hybridized carbons (Fsp3) is 0.273. The van der Waals surface area contributed by atoms with Crippen LogP contribution < -0.4 is 10.6 Å². The Morgan fingerprint density at radius 3 is 2.87 bits per heavy atom. The second-order valence-corrected chi connectivity index (χ2v) is 7.42. The molecule has 1 atom stereocenters. The van der Waals surface area contributed by atoms with Gasteiger partial charge in [-0.1, -0.05) is 12.1 Å². The van der Waals surface area contributed by atoms with Crippen LogP contribution in [0.3, 0.4) is 0 Å². The van der Waals surface area contributed by atoms with Gasteiger partial charge >= 0.3 is 0 Å². The molecule has 0 radical (unpaired) electrons. The summed E-state index contributed by atoms with van der Waals surface area (Å²) < 4.78 is 6.82. The van der Waals surface area contributed by atoms with Crippen molar-refractivity contribution in [1.82, 2.24) is 20.0 Å². The summed E-state index contributed by atoms with van der Waals surface area (Å²) in [5, 5.41) is 9.72. The molecule has 0 saturated carbocycles. The van der Waals surface area contributed by atoms with Crippen molar-refractivity contribution >= 4 is 23.4 Å². The van der Waals surface area contributed by atoms with Crippen molar-refractivity contribution in [2.24, 2.45) is 5.92 Å². The van der Waals surface area contributed by atoms with E-state index in [4.69, 9.17) is 4.42 Å². The highest BCUT2D eigenvalue weighted by Crippen LogP contribution is 2.21. The fourth-order valence-electron chi connectivity index (χ4n) is 3.53. The number of anilines is 1. The molecule has 0 aliphatic carbocycles. The number of nitrogens with zero attached hydrogens (tertiary/aromatic N) is 3. The Morgan fingerprint density at radius 2 is 2.10 bits per heavy atom. The van der Waals surface area contributed by atoms with Gasteiger partial charge in [0.25, 0.3) is 0 Å². The first-order valence-electron chi connectivity index (χ1n) is 10.0. The van der Waals surface area contributed by atoms with Crippen LogP contribution in [0.25, 0.3) is 0 Å². The highest BCUT2D eigenvalue weighted by atomic mass is 16.3. The van der Waals surface area contributed by atoms with Crippen LogP contribution >= 0.6 is 0 Å². The number of carbonyl (C=O) groups is 3. The lowest BCUT2D eigenvalue weighted by atomic mass is 10.1. The number of aromatic nitrogens is 2. The Bertz CT molecular complexity index is 1050. The molecule has 160 valence electrons. The van der Waals surface area contributed by atoms with E-state index < -0.39 is 0 Å². The van der Waals surface area contributed by atoms with E-state index >= 15 is 0 Å². The SMILES string of the molecule is O=C(Cn1cccn1)Nc1cccc(CNC(=O)C2CC(=O)N(Cc3ccco3)C2)c1. The van der Waals surface area contributed by atoms with E-state index in [-0.39, 0.29) is 36.6 Å². The second-order valence-electron chi connectivity index (χ2n) is 7.42. The molecule has 1 unspecified atom stereocenters. The first-order valence-corrected chi connectivity index (χ1v) is 10.0. The van der Waals surface area contributed by atoms with Crippen LogP contribution in [0.4, 0.5) is 5.69 Å². The minimum atomic E-state index is -0.389. The van der Waals surface area contributed by atoms with E-state index in [1.54, 1.807) is 41.8 Å². The molecule has 1 fully saturated rings. The normalized spacial score (nSPS) is 15.8. The second kappa shape index (κ2) is 9.29. The summed E-state index contributed by atoms with van der Waals surface area (Å²) in [6.45, 7) is 1.17. The van der Waals surface area contributed by atoms with Crippen molar-refractivity contribution < 1.29 is 18.8 Å². The van der Waals surface area contributed by atoms with Gasteiger partial charge in [-0.15, -0.1) is 0 Å². The molecule has 2 N–H and O–H groups in total. The lowest BCUT2D eigenvalue weighted by Gasteiger charge is -2.15. The monoisotopic (exact) mass is 421 g/mol. The van der Waals surface area contributed by atoms with Crippen LogP contribution in [0, 0.1) is 5.92 Å². The van der Waals surface area contributed by atoms with Gasteiger partial charge in [-0.25, -0.2) is 0 Å². The Balaban J connectivity index is 1.27. The van der Waals surface area contributed by atoms with E-state index in [1.807, 2.05) is 24.3 Å². The fourth-order valence-corrected chi connectivity index (χ4v) is 3.53. The van der Waals surface area contributed by atoms with Crippen LogP contribution in [0.15, 0.2) is 65.5 Å². The summed E-state index contributed by atoms with van der Waals surface area (Å²) in [4.78, 5) is 38.5. The Kier molecular flexibility index (Phi) is 6.11. The Labute approximate surface area is 179 Å². The minimum absolute atomic E-state index is 0.0570. The Morgan fingerprint density at radius 1 is 1.19 bits per heavy atom. The maximum atomic E-state index is 12.6. The minimum Gasteiger partial charge on any atom is -0.467 e. The van der Waals surface area contributed by atoms with Crippen LogP contribution in [0.5, 0.6) is 0 Å². The van der Waals surface area contributed by atoms with Crippen LogP contribution in [-0.4, -0.2) is 38.9 Å². The van der Waals surface area contributed by atoms with Gasteiger partial charge in [0.15, 0.2) is 0 Å². The van der Waals surface area contributed by atoms with Crippen molar-refractivity contribution in [3.05, 3.63) is 72.4 Å². The number of rotatable bonds is 8. The zero-order valence-electron chi connectivity index (χ0n) is 16.9. The maximum absolute atomic E-state index is 12.6. The number of hydrogen-bond donors (Lipinski definition) is 2. The molecule has 31 heavy (non-hydrogen) atoms. The molecular formula is C22H23N5O4. The molecule has 2 aromatic heterocycles. The van der Waals surface area contributed by atoms with Crippen molar-refractivity contribution in [3.8, 4) is 0 Å². The quantitative estimate of drug-likeness (QED) is 0.576. The molecule has 1 aliphatic heterocycles. The largest absolute Gasteiger partial charge is 0.467 e. The maximum Gasteiger partial charge on any atom is 0.246 e. The molecule has 9 heteroatoms. The molecule has 1 aliphatic rings. The number of likely N-dealkylation sites (tertiary alicyclic amines) is 1. The third-order valence-corrected chi connectivity index (χ3v) is 5.05. The lowest BCUT2D eigenvalue weighted by Crippen LogP contribution is -2.32. The summed E-state index contributed by atoms with van der Waals surface area (Å²) in [5.41, 5.74) is 1.49. The summed E-state index contributed by atoms with van der Waals surface area (Å²) >= 11 is 0. The molecule has 0 bridgehead atoms. The predicted octanol–water partition coefficient (Wildman–Crippen LogP) is 1.78. The van der Waals surface area contributed by atoms with Gasteiger partial charge < -0.3 is 20.0 Å². The first kappa shape index (κ1) is 20.4. The standard InChI is InChI=1S/C22H23N5O4/c28-20(15-27-8-3-7-24-27)25-18-5-1-4-16(10-18)12-23-22(30)17-11-21(29)26(13-17)14-19-6-2-9-31-19/h1-10,17H,11-15H2,(H,23,30)(H,25,28). The molecule has 3 aromatic rings. The van der Waals surface area contributed by atoms with Gasteiger partial charge in [-0.2, -0.15) is 5.10 Å². The van der Waals surface area contributed by atoms with Gasteiger partial charge in [-0.05, 0) is 35.9 Å². The van der Waals surface area contributed by atoms with Crippen molar-refractivity contribution in [1.29, 1.82) is 0 Å². The zero-order valence-corrected chi connectivity index (χ0v) is 16.9. The van der Waals surface area contributed by atoms with Crippen LogP contribution in [-0.2, 0) is 34.0 Å². The van der Waals surface area contributed by atoms with E-state index in [1.165, 1.54) is 4.68 Å². The smallest absolute Gasteiger partial charge is 0.246 e. The summed E-state index contributed by atoms with van der Waals surface area (Å²) in [5.74, 6) is -0.104. The van der Waals surface area contributed by atoms with E-state index in [9.17, 15) is 14.4 Å². The van der Waals surface area contributed by atoms with Gasteiger partial charge in [0.05, 0.1) is 18.7 Å². The molecule has 9 nitrogen and oxygen atoms in total. The summed E-state index contributed by atoms with van der Waals surface area (Å²) in [6, 6.07) is 12.6. The molecular weight excluding hydrogens is 398 g/mol. The predicted molar refractivity (Wildman–Crippen MR) is 111 cm³/mol. The zero-order chi connectivity index (χ0) is 21.6. The molecule has 1 saturated heterocycles. The summed E-state index contributed by atoms with van der Waals surface area (Å²) in [7, 11) is 0. The van der Waals surface area contributed by atoms with Gasteiger partial charge in [0.2, 0.25) is 17.7 Å². The number of hydrogen-bond acceptors (Lipinski definition) is 5. The van der Waals surface area contributed by atoms with Crippen molar-refractivity contribution in [2.45, 2.75) is 26.1 Å². The average Bonchev–Trinajstić information content (AvgIpc) is 3.51. The van der Waals surface area contributed by atoms with Crippen molar-refractivity contribution in [3.63, 3.8) is 0 Å². The highest BCUT2D eigenvalue weighted by Gasteiger charge is 2.34. The highest BCUT2D eigenvalue weighted by molar-refractivity contribution is 5.91. The molecule has 4 rings (SSSR count). The van der Waals surface area contributed by atoms with Crippen molar-refractivity contribution in [2.75, 3.05) is 11.9 Å². The van der Waals surface area contributed by atoms with Crippen LogP contribution in [0.2, 0.25) is 0 Å². The van der Waals surface area contributed by atoms with E-state index in [0.29, 0.717) is 31.1 Å². The molecule has 3 amide bonds. The number of furan rings is 1. The number of nitrogens with one attached hydrogen (secondary N) is 2. The third kappa shape index (κ3) is 5.39. The average molecular weight is 421 g/mol. The van der Waals surface area contributed by atoms with Gasteiger partial charge in [-0.3, -0.25) is 19.1 Å². The number of benzene rings is 1. The number of carbonyl (C=O) groups excluding carboxylic acids is 3. The molecule has 3 heterocycles. The van der Waals surface area contributed by atoms with Crippen LogP contribution in [0.1, 0.15) is 17.7 Å².